The van der Waals surface area contributed by atoms with E-state index in [1.807, 2.05) is 0 Å². The van der Waals surface area contributed by atoms with Crippen LogP contribution in [0.3, 0.4) is 0 Å². The van der Waals surface area contributed by atoms with Crippen LogP contribution in [0.4, 0.5) is 0 Å². The minimum atomic E-state index is -3.19. The normalized spacial score (nSPS) is 23.6. The fraction of sp³-hybridized carbons (Fsp3) is 0.600. The highest BCUT2D eigenvalue weighted by Gasteiger charge is 2.37. The summed E-state index contributed by atoms with van der Waals surface area (Å²) < 4.78 is 28.2. The van der Waals surface area contributed by atoms with E-state index >= 15 is 0 Å². The van der Waals surface area contributed by atoms with Gasteiger partial charge in [0.2, 0.25) is 5.91 Å². The van der Waals surface area contributed by atoms with Crippen molar-refractivity contribution in [3.8, 4) is 0 Å². The summed E-state index contributed by atoms with van der Waals surface area (Å²) in [4.78, 5) is 35.9. The Morgan fingerprint density at radius 2 is 2.20 bits per heavy atom. The number of hydrogen-bond acceptors (Lipinski definition) is 7. The summed E-state index contributed by atoms with van der Waals surface area (Å²) >= 11 is 0. The van der Waals surface area contributed by atoms with Gasteiger partial charge in [-0.25, -0.2) is 18.2 Å². The fourth-order valence-electron chi connectivity index (χ4n) is 2.57. The van der Waals surface area contributed by atoms with Crippen molar-refractivity contribution in [3.05, 3.63) is 12.7 Å². The van der Waals surface area contributed by atoms with E-state index in [9.17, 15) is 22.8 Å². The SMILES string of the molecule is C=CCNC(=O)[C@H](C)OC(=O)C1=NN([C@@H]2CCS(=O)(=O)C2)C(=O)CC1. The summed E-state index contributed by atoms with van der Waals surface area (Å²) in [5, 5.41) is 7.58. The zero-order valence-corrected chi connectivity index (χ0v) is 14.8. The lowest BCUT2D eigenvalue weighted by atomic mass is 10.1. The van der Waals surface area contributed by atoms with Crippen LogP contribution < -0.4 is 5.32 Å². The number of amides is 2. The highest BCUT2D eigenvalue weighted by Crippen LogP contribution is 2.22. The first-order valence-corrected chi connectivity index (χ1v) is 9.75. The molecular formula is C15H21N3O6S. The standard InChI is InChI=1S/C15H21N3O6S/c1-3-7-16-14(20)10(2)24-15(21)12-4-5-13(19)18(17-12)11-6-8-25(22,23)9-11/h3,10-11H,1,4-9H2,2H3,(H,16,20)/t10-,11+/m0/s1. The molecule has 0 radical (unpaired) electrons. The average molecular weight is 371 g/mol. The number of sulfone groups is 1. The number of nitrogens with one attached hydrogen (secondary N) is 1. The topological polar surface area (TPSA) is 122 Å². The van der Waals surface area contributed by atoms with Gasteiger partial charge >= 0.3 is 5.97 Å². The molecule has 2 heterocycles. The Morgan fingerprint density at radius 3 is 2.80 bits per heavy atom. The Kier molecular flexibility index (Phi) is 5.93. The average Bonchev–Trinajstić information content (AvgIpc) is 2.92. The molecule has 0 aromatic rings. The van der Waals surface area contributed by atoms with Crippen molar-refractivity contribution in [1.82, 2.24) is 10.3 Å². The van der Waals surface area contributed by atoms with Crippen molar-refractivity contribution in [1.29, 1.82) is 0 Å². The maximum atomic E-state index is 12.2. The molecule has 1 fully saturated rings. The Bertz CT molecular complexity index is 715. The van der Waals surface area contributed by atoms with Crippen LogP contribution in [-0.4, -0.2) is 67.1 Å². The summed E-state index contributed by atoms with van der Waals surface area (Å²) in [6.45, 7) is 5.14. The van der Waals surface area contributed by atoms with Gasteiger partial charge in [-0.15, -0.1) is 6.58 Å². The highest BCUT2D eigenvalue weighted by atomic mass is 32.2. The lowest BCUT2D eigenvalue weighted by molar-refractivity contribution is -0.149. The third kappa shape index (κ3) is 4.88. The van der Waals surface area contributed by atoms with Gasteiger partial charge in [-0.3, -0.25) is 9.59 Å². The third-order valence-corrected chi connectivity index (χ3v) is 5.67. The number of hydrazone groups is 1. The molecular weight excluding hydrogens is 350 g/mol. The number of carbonyl (C=O) groups excluding carboxylic acids is 3. The molecule has 2 amide bonds. The molecule has 1 saturated heterocycles. The van der Waals surface area contributed by atoms with Gasteiger partial charge in [0, 0.05) is 19.4 Å². The van der Waals surface area contributed by atoms with Gasteiger partial charge in [-0.05, 0) is 13.3 Å². The maximum absolute atomic E-state index is 12.2. The third-order valence-electron chi connectivity index (χ3n) is 3.92. The van der Waals surface area contributed by atoms with Crippen LogP contribution in [0.15, 0.2) is 17.8 Å². The van der Waals surface area contributed by atoms with Crippen LogP contribution >= 0.6 is 0 Å². The quantitative estimate of drug-likeness (QED) is 0.491. The van der Waals surface area contributed by atoms with Gasteiger partial charge in [0.05, 0.1) is 17.5 Å². The number of nitrogens with zero attached hydrogens (tertiary/aromatic N) is 2. The molecule has 1 N–H and O–H groups in total. The molecule has 0 aromatic carbocycles. The van der Waals surface area contributed by atoms with E-state index in [4.69, 9.17) is 4.74 Å². The first-order valence-electron chi connectivity index (χ1n) is 7.93. The minimum absolute atomic E-state index is 0.00272. The van der Waals surface area contributed by atoms with Crippen molar-refractivity contribution in [2.75, 3.05) is 18.1 Å². The van der Waals surface area contributed by atoms with Crippen LogP contribution in [0.2, 0.25) is 0 Å². The van der Waals surface area contributed by atoms with Crippen molar-refractivity contribution in [2.24, 2.45) is 5.10 Å². The zero-order valence-electron chi connectivity index (χ0n) is 13.9. The summed E-state index contributed by atoms with van der Waals surface area (Å²) in [6.07, 6.45) is 0.904. The molecule has 2 atom stereocenters. The van der Waals surface area contributed by atoms with Crippen LogP contribution in [0.5, 0.6) is 0 Å². The number of ether oxygens (including phenoxy) is 1. The second kappa shape index (κ2) is 7.77. The minimum Gasteiger partial charge on any atom is -0.448 e. The van der Waals surface area contributed by atoms with Gasteiger partial charge in [0.15, 0.2) is 15.9 Å². The van der Waals surface area contributed by atoms with Gasteiger partial charge in [0.25, 0.3) is 5.91 Å². The lowest BCUT2D eigenvalue weighted by Crippen LogP contribution is -2.43. The van der Waals surface area contributed by atoms with Crippen LogP contribution in [0.25, 0.3) is 0 Å². The molecule has 10 heteroatoms. The van der Waals surface area contributed by atoms with Gasteiger partial charge in [0.1, 0.15) is 5.71 Å². The highest BCUT2D eigenvalue weighted by molar-refractivity contribution is 7.91. The first kappa shape index (κ1) is 19.1. The summed E-state index contributed by atoms with van der Waals surface area (Å²) in [7, 11) is -3.19. The Balaban J connectivity index is 2.04. The van der Waals surface area contributed by atoms with Crippen LogP contribution in [0, 0.1) is 0 Å². The molecule has 0 bridgehead atoms. The van der Waals surface area contributed by atoms with E-state index in [0.29, 0.717) is 6.42 Å². The molecule has 138 valence electrons. The van der Waals surface area contributed by atoms with Crippen molar-refractivity contribution < 1.29 is 27.5 Å². The molecule has 2 aliphatic rings. The maximum Gasteiger partial charge on any atom is 0.355 e. The smallest absolute Gasteiger partial charge is 0.355 e. The van der Waals surface area contributed by atoms with Crippen molar-refractivity contribution in [2.45, 2.75) is 38.3 Å². The van der Waals surface area contributed by atoms with Gasteiger partial charge in [-0.2, -0.15) is 5.10 Å². The van der Waals surface area contributed by atoms with Gasteiger partial charge in [-0.1, -0.05) is 6.08 Å². The number of rotatable bonds is 6. The number of esters is 1. The Labute approximate surface area is 146 Å². The second-order valence-electron chi connectivity index (χ2n) is 5.92. The zero-order chi connectivity index (χ0) is 18.6. The largest absolute Gasteiger partial charge is 0.448 e. The predicted molar refractivity (Wildman–Crippen MR) is 89.3 cm³/mol. The first-order chi connectivity index (χ1) is 11.7. The number of hydrogen-bond donors (Lipinski definition) is 1. The molecule has 2 aliphatic heterocycles. The van der Waals surface area contributed by atoms with Crippen LogP contribution in [-0.2, 0) is 29.0 Å². The Morgan fingerprint density at radius 1 is 1.48 bits per heavy atom. The van der Waals surface area contributed by atoms with Crippen LogP contribution in [0.1, 0.15) is 26.2 Å². The van der Waals surface area contributed by atoms with E-state index < -0.39 is 33.9 Å². The summed E-state index contributed by atoms with van der Waals surface area (Å²) in [5.74, 6) is -1.75. The van der Waals surface area contributed by atoms with E-state index in [0.717, 1.165) is 5.01 Å². The molecule has 0 saturated carbocycles. The van der Waals surface area contributed by atoms with Crippen molar-refractivity contribution in [3.63, 3.8) is 0 Å². The molecule has 0 aliphatic carbocycles. The molecule has 25 heavy (non-hydrogen) atoms. The Hall–Kier alpha value is -2.23. The molecule has 2 rings (SSSR count). The predicted octanol–water partition coefficient (Wildman–Crippen LogP) is -0.614. The summed E-state index contributed by atoms with van der Waals surface area (Å²) in [5.41, 5.74) is 0.00673. The lowest BCUT2D eigenvalue weighted by Gasteiger charge is -2.27. The number of carbonyl (C=O) groups is 3. The van der Waals surface area contributed by atoms with E-state index in [-0.39, 0.29) is 42.5 Å². The fourth-order valence-corrected chi connectivity index (χ4v) is 4.26. The van der Waals surface area contributed by atoms with Gasteiger partial charge < -0.3 is 10.1 Å². The monoisotopic (exact) mass is 371 g/mol. The van der Waals surface area contributed by atoms with E-state index in [1.165, 1.54) is 13.0 Å². The van der Waals surface area contributed by atoms with Crippen molar-refractivity contribution >= 4 is 33.3 Å². The van der Waals surface area contributed by atoms with E-state index in [1.54, 1.807) is 0 Å². The molecule has 0 unspecified atom stereocenters. The second-order valence-corrected chi connectivity index (χ2v) is 8.15. The van der Waals surface area contributed by atoms with E-state index in [2.05, 4.69) is 17.0 Å². The summed E-state index contributed by atoms with van der Waals surface area (Å²) in [6, 6.07) is -0.561. The molecule has 9 nitrogen and oxygen atoms in total. The molecule has 0 spiro atoms. The molecule has 0 aromatic heterocycles.